The van der Waals surface area contributed by atoms with Crippen LogP contribution >= 0.6 is 0 Å². The second-order valence-corrected chi connectivity index (χ2v) is 39.8. The van der Waals surface area contributed by atoms with Crippen LogP contribution in [0.5, 0.6) is 0 Å². The minimum Gasteiger partial charge on any atom is -0.460 e. The van der Waals surface area contributed by atoms with Crippen LogP contribution in [-0.4, -0.2) is 280 Å². The van der Waals surface area contributed by atoms with Gasteiger partial charge < -0.3 is 103 Å². The maximum Gasteiger partial charge on any atom is 0.329 e. The molecule has 6 fully saturated rings. The summed E-state index contributed by atoms with van der Waals surface area (Å²) < 4.78 is 59.1. The molecule has 0 aromatic carbocycles. The summed E-state index contributed by atoms with van der Waals surface area (Å²) in [6.07, 6.45) is 21.4. The number of fused-ring (bicyclic) bond motifs is 6. The molecule has 6 aliphatic heterocycles. The number of Topliss-reactive ketones (excluding diaryl/α,β-unsaturated/α-hetero) is 3. The van der Waals surface area contributed by atoms with Crippen molar-refractivity contribution in [2.24, 2.45) is 71.0 Å². The second-order valence-electron chi connectivity index (χ2n) is 39.8. The van der Waals surface area contributed by atoms with Crippen LogP contribution in [0.15, 0.2) is 95.2 Å². The van der Waals surface area contributed by atoms with E-state index >= 15 is 0 Å². The van der Waals surface area contributed by atoms with Crippen LogP contribution in [0.25, 0.3) is 0 Å². The third-order valence-electron chi connectivity index (χ3n) is 29.6. The minimum atomic E-state index is -2.42. The van der Waals surface area contributed by atoms with Crippen LogP contribution < -0.4 is 0 Å². The third-order valence-corrected chi connectivity index (χ3v) is 29.6. The van der Waals surface area contributed by atoms with Crippen LogP contribution in [0.4, 0.5) is 0 Å². The molecular weight excluding hydrogens is 1670 g/mol. The fourth-order valence-electron chi connectivity index (χ4n) is 20.7. The van der Waals surface area contributed by atoms with Gasteiger partial charge in [0.1, 0.15) is 54.5 Å². The van der Waals surface area contributed by atoms with Gasteiger partial charge in [-0.25, -0.2) is 9.59 Å². The molecule has 2 aliphatic carbocycles. The highest BCUT2D eigenvalue weighted by atomic mass is 16.6. The fourth-order valence-corrected chi connectivity index (χ4v) is 20.7. The van der Waals surface area contributed by atoms with E-state index < -0.39 is 174 Å². The molecule has 33 atom stereocenters. The Morgan fingerprint density at radius 3 is 1.23 bits per heavy atom. The second kappa shape index (κ2) is 53.0. The molecule has 0 aromatic rings. The Hall–Kier alpha value is -5.87. The first kappa shape index (κ1) is 111. The molecule has 4 unspecified atom stereocenters. The zero-order valence-corrected chi connectivity index (χ0v) is 81.6. The van der Waals surface area contributed by atoms with E-state index in [-0.39, 0.29) is 104 Å². The van der Waals surface area contributed by atoms with E-state index in [9.17, 15) is 79.5 Å². The summed E-state index contributed by atoms with van der Waals surface area (Å²) in [5.41, 5.74) is 2.74. The number of hydrogen-bond acceptors (Lipinski definition) is 26. The molecule has 28 nitrogen and oxygen atoms in total. The molecule has 28 heteroatoms. The fraction of sp³-hybridized carbons (Fsp3) is 0.775. The van der Waals surface area contributed by atoms with Gasteiger partial charge in [-0.3, -0.25) is 24.0 Å². The lowest BCUT2D eigenvalue weighted by atomic mass is 9.78. The summed E-state index contributed by atoms with van der Waals surface area (Å²) in [6, 6.07) is -2.23. The van der Waals surface area contributed by atoms with Gasteiger partial charge in [0.15, 0.2) is 0 Å². The lowest BCUT2D eigenvalue weighted by molar-refractivity contribution is -0.265. The highest BCUT2D eigenvalue weighted by molar-refractivity contribution is 6.39. The quantitative estimate of drug-likeness (QED) is 0.0498. The Labute approximate surface area is 774 Å². The number of nitrogens with zero attached hydrogens (tertiary/aromatic N) is 2. The molecule has 8 rings (SSSR count). The van der Waals surface area contributed by atoms with Crippen molar-refractivity contribution in [1.82, 2.24) is 9.80 Å². The minimum absolute atomic E-state index is 0.0359. The van der Waals surface area contributed by atoms with E-state index in [0.29, 0.717) is 127 Å². The number of aliphatic hydroxyl groups excluding tert-OH is 7. The van der Waals surface area contributed by atoms with Crippen molar-refractivity contribution in [2.75, 3.05) is 55.7 Å². The van der Waals surface area contributed by atoms with Gasteiger partial charge in [0.05, 0.1) is 67.1 Å². The zero-order chi connectivity index (χ0) is 96.3. The van der Waals surface area contributed by atoms with E-state index in [2.05, 4.69) is 6.92 Å². The number of ether oxygens (including phenoxy) is 10. The number of esters is 2. The Balaban J connectivity index is 0.000000356. The molecule has 738 valence electrons. The molecule has 0 aromatic heterocycles. The van der Waals surface area contributed by atoms with Gasteiger partial charge in [0, 0.05) is 105 Å². The topological polar surface area (TPSA) is 400 Å². The SMILES string of the molecule is CO[C@H]1C[C@@H]2CC[C@@H](C)[C@@](O)(O2)C(=O)C(=O)N2CCCCC2C(=O)O[C@H]([C@H](C)C[C@@H]2CC[C@@H](O)[C@H](OC)C2)CC(=O)[C@H](C)/C=C(\C)[C@@H](O)[C@@H](OC)C(O)[C@H](C)C[C@H](C)/C=C/C=CC=C1C.CO[C@H]1C[C@@H]2CC[C@@H](C)[C@@](O)(O2)C(=O)C(=O)N2CCCCC2C(=O)O[C@H]([C@H](C)C[C@@H]2CC[C@@H](O)[C@H](OC)C2)C[C@H](O)[C@H](C)/C=C(\C)[C@@H](O)[C@@H](OC)C(O)[C@H](C)C[C@H](C)/C=C/C=CC=C1C. The number of piperidine rings is 2. The number of methoxy groups -OCH3 is 6. The van der Waals surface area contributed by atoms with Crippen LogP contribution in [0.3, 0.4) is 0 Å². The van der Waals surface area contributed by atoms with E-state index in [1.165, 1.54) is 24.0 Å². The molecule has 4 bridgehead atoms. The first-order valence-corrected chi connectivity index (χ1v) is 48.3. The highest BCUT2D eigenvalue weighted by Crippen LogP contribution is 2.42. The number of rotatable bonds is 12. The van der Waals surface area contributed by atoms with Crippen molar-refractivity contribution in [1.29, 1.82) is 0 Å². The average molecular weight is 1830 g/mol. The van der Waals surface area contributed by atoms with Crippen molar-refractivity contribution in [3.05, 3.63) is 95.2 Å². The van der Waals surface area contributed by atoms with Gasteiger partial charge in [0.2, 0.25) is 11.6 Å². The van der Waals surface area contributed by atoms with Crippen molar-refractivity contribution in [2.45, 2.75) is 378 Å². The van der Waals surface area contributed by atoms with Crippen molar-refractivity contribution in [3.63, 3.8) is 0 Å². The van der Waals surface area contributed by atoms with Crippen LogP contribution in [0.1, 0.15) is 251 Å². The maximum atomic E-state index is 14.4. The van der Waals surface area contributed by atoms with E-state index in [1.54, 1.807) is 75.2 Å². The third kappa shape index (κ3) is 30.6. The van der Waals surface area contributed by atoms with Crippen molar-refractivity contribution >= 4 is 41.1 Å². The van der Waals surface area contributed by atoms with Gasteiger partial charge >= 0.3 is 11.9 Å². The van der Waals surface area contributed by atoms with Crippen LogP contribution in [-0.2, 0) is 80.9 Å². The molecule has 2 saturated carbocycles. The monoisotopic (exact) mass is 1830 g/mol. The number of cyclic esters (lactones) is 2. The predicted molar refractivity (Wildman–Crippen MR) is 493 cm³/mol. The highest BCUT2D eigenvalue weighted by Gasteiger charge is 2.56. The Kier molecular flexibility index (Phi) is 45.3. The molecule has 2 amide bonds. The summed E-state index contributed by atoms with van der Waals surface area (Å²) in [5, 5.41) is 103. The molecule has 130 heavy (non-hydrogen) atoms. The smallest absolute Gasteiger partial charge is 0.329 e. The van der Waals surface area contributed by atoms with Crippen molar-refractivity contribution in [3.8, 4) is 0 Å². The Bertz CT molecular complexity index is 3850. The number of amides is 2. The van der Waals surface area contributed by atoms with Gasteiger partial charge in [-0.05, 0) is 226 Å². The summed E-state index contributed by atoms with van der Waals surface area (Å²) in [5.74, 6) is -14.0. The average Bonchev–Trinajstić information content (AvgIpc) is 0.774. The largest absolute Gasteiger partial charge is 0.460 e. The molecule has 4 saturated heterocycles. The molecule has 8 aliphatic rings. The van der Waals surface area contributed by atoms with E-state index in [4.69, 9.17) is 47.4 Å². The standard InChI is InChI=1S/C51H83NO13.C51H81NO13/c2*1-30-16-12-11-13-17-31(2)42(61-8)28-38-21-19-36(7)51(60,65-38)48(57)49(58)52-23-15-14-18-39(52)50(59)64-43(33(4)26-37-20-22-40(53)44(27-37)62-9)29-41(54)32(3)25-35(6)46(56)47(63-10)45(55)34(5)24-30/h11-13,16-17,25,30,32-34,36-47,53-56,60H,14-15,18-24,26-29H2,1-10H3;11-13,16-17,25,30,32-34,36-40,42-47,53,55-56,60H,14-15,18-24,26-29H2,1-10H3/b2*13-11?,16-12+,31-17?,35-25+/t30-,32-,33-,34-,36-,37+,38+,39?,40-,41+,42+,43+,44-,45?,46-,47+,51-;30-,32-,33-,34-,36-,37+,38+,39?,40-,42+,43+,44-,45?,46-,47+,51-/m11/s1. The molecule has 0 spiro atoms. The Morgan fingerprint density at radius 2 is 0.831 bits per heavy atom. The van der Waals surface area contributed by atoms with Gasteiger partial charge in [-0.1, -0.05) is 142 Å². The lowest BCUT2D eigenvalue weighted by Gasteiger charge is -2.43. The first-order valence-electron chi connectivity index (χ1n) is 48.3. The molecule has 6 heterocycles. The van der Waals surface area contributed by atoms with E-state index in [0.717, 1.165) is 24.0 Å². The van der Waals surface area contributed by atoms with Crippen LogP contribution in [0.2, 0.25) is 0 Å². The van der Waals surface area contributed by atoms with Gasteiger partial charge in [-0.15, -0.1) is 0 Å². The Morgan fingerprint density at radius 1 is 0.431 bits per heavy atom. The number of ketones is 3. The van der Waals surface area contributed by atoms with Crippen LogP contribution in [0, 0.1) is 71.0 Å². The number of hydrogen-bond donors (Lipinski definition) is 9. The molecule has 0 radical (unpaired) electrons. The maximum absolute atomic E-state index is 14.4. The number of allylic oxidation sites excluding steroid dienone is 11. The number of aliphatic hydroxyl groups is 9. The lowest BCUT2D eigenvalue weighted by Crippen LogP contribution is -2.61. The summed E-state index contributed by atoms with van der Waals surface area (Å²) >= 11 is 0. The zero-order valence-electron chi connectivity index (χ0n) is 81.6. The molecular formula is C102H164N2O26. The van der Waals surface area contributed by atoms with E-state index in [1.807, 2.05) is 116 Å². The molecule has 9 N–H and O–H groups in total. The normalized spacial score (nSPS) is 40.8. The van der Waals surface area contributed by atoms with Gasteiger partial charge in [0.25, 0.3) is 23.4 Å². The van der Waals surface area contributed by atoms with Crippen molar-refractivity contribution < 1.29 is 127 Å². The summed E-state index contributed by atoms with van der Waals surface area (Å²) in [7, 11) is 9.22. The first-order chi connectivity index (χ1) is 61.5. The van der Waals surface area contributed by atoms with Gasteiger partial charge in [-0.2, -0.15) is 0 Å². The summed E-state index contributed by atoms with van der Waals surface area (Å²) in [6.45, 7) is 26.2. The number of carbonyl (C=O) groups is 7. The summed E-state index contributed by atoms with van der Waals surface area (Å²) in [4.78, 5) is 102. The predicted octanol–water partition coefficient (Wildman–Crippen LogP) is 11.7. The number of carbonyl (C=O) groups excluding carboxylic acids is 7.